The standard InChI is InChI=1S/C23H20O7S2/c1-12-7-18-20(9-14(12)3)30-21-10-15(4)13(2)8-19(21)23(18)17-6-5-16(31(24,25)26)11-22(17)32(27,28)29/h5-11H,3H2,1-2,4H3,(H,24,25,26)(H,27,28,29). The monoisotopic (exact) mass is 472 g/mol. The summed E-state index contributed by atoms with van der Waals surface area (Å²) < 4.78 is 73.2. The van der Waals surface area contributed by atoms with Crippen LogP contribution in [0, 0.1) is 20.8 Å². The van der Waals surface area contributed by atoms with Gasteiger partial charge in [0.05, 0.1) is 4.90 Å². The number of ether oxygens (including phenoxy) is 1. The van der Waals surface area contributed by atoms with Crippen LogP contribution in [0.25, 0.3) is 12.2 Å². The Morgan fingerprint density at radius 2 is 1.41 bits per heavy atom. The number of hydrogen-bond acceptors (Lipinski definition) is 5. The number of hydrogen-bond donors (Lipinski definition) is 2. The molecule has 1 aliphatic heterocycles. The first kappa shape index (κ1) is 22.2. The normalized spacial score (nSPS) is 13.3. The highest BCUT2D eigenvalue weighted by molar-refractivity contribution is 7.86. The SMILES string of the molecule is C=c1cc2c(cc1C)=C(c1ccc(S(=O)(=O)O)cc1S(=O)(=O)O)c1cc(C)c(C)cc1O2. The second kappa shape index (κ2) is 7.28. The van der Waals surface area contributed by atoms with E-state index >= 15 is 0 Å². The molecule has 0 aliphatic carbocycles. The van der Waals surface area contributed by atoms with Gasteiger partial charge in [-0.05, 0) is 79.1 Å². The summed E-state index contributed by atoms with van der Waals surface area (Å²) in [4.78, 5) is -1.29. The number of rotatable bonds is 3. The highest BCUT2D eigenvalue weighted by Crippen LogP contribution is 2.39. The molecule has 0 saturated heterocycles. The van der Waals surface area contributed by atoms with Crippen LogP contribution in [0.3, 0.4) is 0 Å². The first-order chi connectivity index (χ1) is 14.8. The van der Waals surface area contributed by atoms with Crippen LogP contribution in [0.2, 0.25) is 0 Å². The molecule has 1 heterocycles. The Kier molecular flexibility index (Phi) is 5.05. The van der Waals surface area contributed by atoms with E-state index in [1.54, 1.807) is 12.1 Å². The van der Waals surface area contributed by atoms with Crippen molar-refractivity contribution in [3.63, 3.8) is 0 Å². The van der Waals surface area contributed by atoms with Crippen LogP contribution < -0.4 is 15.2 Å². The summed E-state index contributed by atoms with van der Waals surface area (Å²) in [5.74, 6) is 0.936. The quantitative estimate of drug-likeness (QED) is 0.440. The fourth-order valence-corrected chi connectivity index (χ4v) is 5.02. The molecule has 32 heavy (non-hydrogen) atoms. The minimum atomic E-state index is -4.86. The smallest absolute Gasteiger partial charge is 0.295 e. The van der Waals surface area contributed by atoms with Crippen LogP contribution in [-0.2, 0) is 20.2 Å². The lowest BCUT2D eigenvalue weighted by atomic mass is 9.90. The molecular weight excluding hydrogens is 452 g/mol. The predicted octanol–water partition coefficient (Wildman–Crippen LogP) is 2.87. The van der Waals surface area contributed by atoms with Crippen molar-refractivity contribution >= 4 is 32.4 Å². The molecular formula is C23H20O7S2. The Bertz CT molecular complexity index is 1630. The zero-order chi connectivity index (χ0) is 23.6. The van der Waals surface area contributed by atoms with E-state index in [1.807, 2.05) is 32.9 Å². The first-order valence-electron chi connectivity index (χ1n) is 9.50. The molecule has 0 aromatic heterocycles. The molecule has 9 heteroatoms. The molecule has 7 nitrogen and oxygen atoms in total. The second-order valence-corrected chi connectivity index (χ2v) is 10.6. The Labute approximate surface area is 185 Å². The van der Waals surface area contributed by atoms with Crippen molar-refractivity contribution in [1.29, 1.82) is 0 Å². The lowest BCUT2D eigenvalue weighted by Gasteiger charge is -2.24. The lowest BCUT2D eigenvalue weighted by molar-refractivity contribution is 0.470. The van der Waals surface area contributed by atoms with Gasteiger partial charge < -0.3 is 4.74 Å². The van der Waals surface area contributed by atoms with Gasteiger partial charge in [0.2, 0.25) is 0 Å². The fraction of sp³-hybridized carbons (Fsp3) is 0.130. The van der Waals surface area contributed by atoms with Crippen molar-refractivity contribution in [3.05, 3.63) is 80.7 Å². The van der Waals surface area contributed by atoms with E-state index in [1.165, 1.54) is 6.07 Å². The molecule has 0 fully saturated rings. The van der Waals surface area contributed by atoms with Crippen LogP contribution in [-0.4, -0.2) is 25.9 Å². The van der Waals surface area contributed by atoms with Gasteiger partial charge in [0, 0.05) is 21.9 Å². The molecule has 0 spiro atoms. The zero-order valence-electron chi connectivity index (χ0n) is 17.5. The van der Waals surface area contributed by atoms with Gasteiger partial charge in [-0.1, -0.05) is 12.6 Å². The maximum atomic E-state index is 12.3. The van der Waals surface area contributed by atoms with Gasteiger partial charge in [-0.25, -0.2) is 0 Å². The maximum Gasteiger partial charge on any atom is 0.295 e. The van der Waals surface area contributed by atoms with Gasteiger partial charge in [-0.2, -0.15) is 16.8 Å². The topological polar surface area (TPSA) is 118 Å². The van der Waals surface area contributed by atoms with Crippen molar-refractivity contribution in [2.45, 2.75) is 30.6 Å². The summed E-state index contributed by atoms with van der Waals surface area (Å²) in [6.45, 7) is 9.66. The number of benzene rings is 3. The Morgan fingerprint density at radius 1 is 0.750 bits per heavy atom. The van der Waals surface area contributed by atoms with Gasteiger partial charge in [0.15, 0.2) is 0 Å². The maximum absolute atomic E-state index is 12.3. The summed E-state index contributed by atoms with van der Waals surface area (Å²) in [5.41, 5.74) is 3.83. The molecule has 0 amide bonds. The first-order valence-corrected chi connectivity index (χ1v) is 12.4. The van der Waals surface area contributed by atoms with Crippen LogP contribution in [0.4, 0.5) is 0 Å². The molecule has 0 radical (unpaired) electrons. The minimum Gasteiger partial charge on any atom is -0.456 e. The van der Waals surface area contributed by atoms with Gasteiger partial charge in [0.1, 0.15) is 16.4 Å². The second-order valence-electron chi connectivity index (χ2n) is 7.79. The molecule has 0 atom stereocenters. The fourth-order valence-electron chi connectivity index (χ4n) is 3.72. The van der Waals surface area contributed by atoms with Crippen LogP contribution >= 0.6 is 0 Å². The van der Waals surface area contributed by atoms with E-state index in [2.05, 4.69) is 6.58 Å². The molecule has 3 aromatic rings. The summed E-state index contributed by atoms with van der Waals surface area (Å²) >= 11 is 0. The molecule has 4 rings (SSSR count). The predicted molar refractivity (Wildman–Crippen MR) is 120 cm³/mol. The van der Waals surface area contributed by atoms with Crippen molar-refractivity contribution < 1.29 is 30.7 Å². The number of fused-ring (bicyclic) bond motifs is 2. The number of aryl methyl sites for hydroxylation is 3. The van der Waals surface area contributed by atoms with E-state index in [4.69, 9.17) is 4.74 Å². The summed E-state index contributed by atoms with van der Waals surface area (Å²) in [7, 11) is -9.55. The highest BCUT2D eigenvalue weighted by Gasteiger charge is 2.28. The van der Waals surface area contributed by atoms with E-state index in [9.17, 15) is 25.9 Å². The van der Waals surface area contributed by atoms with Gasteiger partial charge in [-0.3, -0.25) is 9.11 Å². The average molecular weight is 473 g/mol. The summed E-state index contributed by atoms with van der Waals surface area (Å²) in [6, 6.07) is 10.3. The summed E-state index contributed by atoms with van der Waals surface area (Å²) in [5, 5.41) is 1.29. The van der Waals surface area contributed by atoms with E-state index in [0.29, 0.717) is 27.9 Å². The average Bonchev–Trinajstić information content (AvgIpc) is 2.67. The third-order valence-electron chi connectivity index (χ3n) is 5.59. The molecule has 0 saturated carbocycles. The van der Waals surface area contributed by atoms with Gasteiger partial charge >= 0.3 is 0 Å². The Hall–Kier alpha value is -2.98. The van der Waals surface area contributed by atoms with E-state index in [-0.39, 0.29) is 5.56 Å². The highest BCUT2D eigenvalue weighted by atomic mass is 32.2. The van der Waals surface area contributed by atoms with Gasteiger partial charge in [0.25, 0.3) is 20.2 Å². The largest absolute Gasteiger partial charge is 0.456 e. The van der Waals surface area contributed by atoms with E-state index < -0.39 is 30.0 Å². The van der Waals surface area contributed by atoms with Crippen molar-refractivity contribution in [2.24, 2.45) is 0 Å². The zero-order valence-corrected chi connectivity index (χ0v) is 19.1. The van der Waals surface area contributed by atoms with Crippen LogP contribution in [0.15, 0.2) is 52.3 Å². The van der Waals surface area contributed by atoms with Crippen LogP contribution in [0.5, 0.6) is 11.5 Å². The van der Waals surface area contributed by atoms with Crippen LogP contribution in [0.1, 0.15) is 27.8 Å². The van der Waals surface area contributed by atoms with Crippen molar-refractivity contribution in [3.8, 4) is 11.5 Å². The van der Waals surface area contributed by atoms with E-state index in [0.717, 1.165) is 34.0 Å². The molecule has 0 unspecified atom stereocenters. The van der Waals surface area contributed by atoms with Gasteiger partial charge in [-0.15, -0.1) is 0 Å². The Balaban J connectivity index is 2.23. The third-order valence-corrected chi connectivity index (χ3v) is 7.33. The third kappa shape index (κ3) is 3.73. The molecule has 3 aromatic carbocycles. The molecule has 1 aliphatic rings. The van der Waals surface area contributed by atoms with Crippen molar-refractivity contribution in [2.75, 3.05) is 0 Å². The molecule has 166 valence electrons. The molecule has 2 N–H and O–H groups in total. The Morgan fingerprint density at radius 3 is 2.03 bits per heavy atom. The summed E-state index contributed by atoms with van der Waals surface area (Å²) in [6.07, 6.45) is 0. The molecule has 0 bridgehead atoms. The van der Waals surface area contributed by atoms with Crippen molar-refractivity contribution in [1.82, 2.24) is 0 Å². The lowest BCUT2D eigenvalue weighted by Crippen LogP contribution is -2.22. The minimum absolute atomic E-state index is 0.0742.